The van der Waals surface area contributed by atoms with Gasteiger partial charge in [-0.1, -0.05) is 44.2 Å². The van der Waals surface area contributed by atoms with E-state index >= 15 is 0 Å². The lowest BCUT2D eigenvalue weighted by Gasteiger charge is -2.21. The first kappa shape index (κ1) is 14.4. The van der Waals surface area contributed by atoms with Crippen LogP contribution in [0.3, 0.4) is 0 Å². The van der Waals surface area contributed by atoms with Crippen molar-refractivity contribution in [3.8, 4) is 0 Å². The monoisotopic (exact) mass is 271 g/mol. The summed E-state index contributed by atoms with van der Waals surface area (Å²) in [6.07, 6.45) is 1.54. The fourth-order valence-electron chi connectivity index (χ4n) is 2.36. The van der Waals surface area contributed by atoms with Gasteiger partial charge in [-0.25, -0.2) is 0 Å². The highest BCUT2D eigenvalue weighted by molar-refractivity contribution is 5.95. The summed E-state index contributed by atoms with van der Waals surface area (Å²) in [5, 5.41) is 3.01. The third-order valence-electron chi connectivity index (χ3n) is 3.62. The zero-order valence-corrected chi connectivity index (χ0v) is 12.2. The molecule has 0 spiro atoms. The molecule has 0 aliphatic rings. The fraction of sp³-hybridized carbons (Fsp3) is 0.353. The second-order valence-corrected chi connectivity index (χ2v) is 5.36. The average molecular weight is 271 g/mol. The van der Waals surface area contributed by atoms with Crippen molar-refractivity contribution in [3.63, 3.8) is 0 Å². The largest absolute Gasteiger partial charge is 0.469 e. The number of carbonyl (C=O) groups is 1. The Kier molecular flexibility index (Phi) is 4.61. The first-order chi connectivity index (χ1) is 9.59. The number of rotatable bonds is 5. The normalized spacial score (nSPS) is 12.4. The van der Waals surface area contributed by atoms with Crippen LogP contribution >= 0.6 is 0 Å². The minimum Gasteiger partial charge on any atom is -0.469 e. The second kappa shape index (κ2) is 6.42. The van der Waals surface area contributed by atoms with Crippen LogP contribution in [0.25, 0.3) is 0 Å². The number of hydrogen-bond acceptors (Lipinski definition) is 2. The molecule has 2 rings (SSSR count). The third kappa shape index (κ3) is 3.29. The van der Waals surface area contributed by atoms with Gasteiger partial charge in [0.15, 0.2) is 0 Å². The van der Waals surface area contributed by atoms with Crippen LogP contribution in [0.15, 0.2) is 47.1 Å². The molecule has 106 valence electrons. The van der Waals surface area contributed by atoms with Crippen molar-refractivity contribution in [2.75, 3.05) is 6.54 Å². The van der Waals surface area contributed by atoms with Crippen molar-refractivity contribution >= 4 is 5.91 Å². The molecule has 3 heteroatoms. The lowest BCUT2D eigenvalue weighted by Crippen LogP contribution is -2.30. The molecule has 1 unspecified atom stereocenters. The number of furan rings is 1. The van der Waals surface area contributed by atoms with Gasteiger partial charge in [-0.3, -0.25) is 4.79 Å². The zero-order chi connectivity index (χ0) is 14.5. The lowest BCUT2D eigenvalue weighted by molar-refractivity contribution is 0.0947. The van der Waals surface area contributed by atoms with E-state index in [0.717, 1.165) is 0 Å². The SMILES string of the molecule is Cc1occc1C(=O)NCC(c1ccccc1)C(C)C. The standard InChI is InChI=1S/C17H21NO2/c1-12(2)16(14-7-5-4-6-8-14)11-18-17(19)15-9-10-20-13(15)3/h4-10,12,16H,11H2,1-3H3,(H,18,19). The van der Waals surface area contributed by atoms with Crippen LogP contribution < -0.4 is 5.32 Å². The van der Waals surface area contributed by atoms with E-state index in [0.29, 0.717) is 29.7 Å². The summed E-state index contributed by atoms with van der Waals surface area (Å²) >= 11 is 0. The molecule has 1 atom stereocenters. The summed E-state index contributed by atoms with van der Waals surface area (Å²) in [5.41, 5.74) is 1.87. The first-order valence-corrected chi connectivity index (χ1v) is 6.97. The molecule has 2 aromatic rings. The summed E-state index contributed by atoms with van der Waals surface area (Å²) in [4.78, 5) is 12.1. The molecule has 1 N–H and O–H groups in total. The number of benzene rings is 1. The van der Waals surface area contributed by atoms with Crippen molar-refractivity contribution in [1.29, 1.82) is 0 Å². The first-order valence-electron chi connectivity index (χ1n) is 6.97. The number of carbonyl (C=O) groups excluding carboxylic acids is 1. The van der Waals surface area contributed by atoms with E-state index in [-0.39, 0.29) is 5.91 Å². The van der Waals surface area contributed by atoms with E-state index < -0.39 is 0 Å². The lowest BCUT2D eigenvalue weighted by atomic mass is 9.88. The highest BCUT2D eigenvalue weighted by Gasteiger charge is 2.18. The van der Waals surface area contributed by atoms with E-state index in [1.54, 1.807) is 19.3 Å². The van der Waals surface area contributed by atoms with E-state index in [4.69, 9.17) is 4.42 Å². The van der Waals surface area contributed by atoms with Gasteiger partial charge in [0.05, 0.1) is 11.8 Å². The molecule has 1 aromatic heterocycles. The Bertz CT molecular complexity index is 557. The predicted octanol–water partition coefficient (Wildman–Crippen LogP) is 3.76. The van der Waals surface area contributed by atoms with Gasteiger partial charge in [0.25, 0.3) is 5.91 Å². The summed E-state index contributed by atoms with van der Waals surface area (Å²) in [5.74, 6) is 1.36. The van der Waals surface area contributed by atoms with Crippen LogP contribution in [0.5, 0.6) is 0 Å². The van der Waals surface area contributed by atoms with Gasteiger partial charge in [0, 0.05) is 12.5 Å². The Labute approximate surface area is 120 Å². The van der Waals surface area contributed by atoms with Crippen LogP contribution in [0, 0.1) is 12.8 Å². The van der Waals surface area contributed by atoms with Gasteiger partial charge >= 0.3 is 0 Å². The third-order valence-corrected chi connectivity index (χ3v) is 3.62. The highest BCUT2D eigenvalue weighted by Crippen LogP contribution is 2.23. The van der Waals surface area contributed by atoms with Crippen molar-refractivity contribution in [2.45, 2.75) is 26.7 Å². The maximum atomic E-state index is 12.1. The Morgan fingerprint density at radius 1 is 1.20 bits per heavy atom. The highest BCUT2D eigenvalue weighted by atomic mass is 16.3. The number of hydrogen-bond donors (Lipinski definition) is 1. The number of nitrogens with one attached hydrogen (secondary N) is 1. The van der Waals surface area contributed by atoms with Gasteiger partial charge in [0.2, 0.25) is 0 Å². The predicted molar refractivity (Wildman–Crippen MR) is 79.8 cm³/mol. The quantitative estimate of drug-likeness (QED) is 0.899. The molecule has 20 heavy (non-hydrogen) atoms. The number of amides is 1. The van der Waals surface area contributed by atoms with Crippen molar-refractivity contribution in [1.82, 2.24) is 5.32 Å². The Morgan fingerprint density at radius 3 is 2.45 bits per heavy atom. The average Bonchev–Trinajstić information content (AvgIpc) is 2.86. The van der Waals surface area contributed by atoms with Crippen LogP contribution in [-0.4, -0.2) is 12.5 Å². The molecule has 0 radical (unpaired) electrons. The van der Waals surface area contributed by atoms with Gasteiger partial charge in [0.1, 0.15) is 5.76 Å². The van der Waals surface area contributed by atoms with Crippen LogP contribution in [-0.2, 0) is 0 Å². The molecule has 1 amide bonds. The van der Waals surface area contributed by atoms with E-state index in [9.17, 15) is 4.79 Å². The van der Waals surface area contributed by atoms with Gasteiger partial charge in [-0.2, -0.15) is 0 Å². The van der Waals surface area contributed by atoms with Crippen LogP contribution in [0.4, 0.5) is 0 Å². The summed E-state index contributed by atoms with van der Waals surface area (Å²) in [6, 6.07) is 12.0. The topological polar surface area (TPSA) is 42.2 Å². The Hall–Kier alpha value is -2.03. The van der Waals surface area contributed by atoms with Gasteiger partial charge in [-0.15, -0.1) is 0 Å². The van der Waals surface area contributed by atoms with Crippen LogP contribution in [0.2, 0.25) is 0 Å². The molecular formula is C17H21NO2. The van der Waals surface area contributed by atoms with Crippen molar-refractivity contribution in [3.05, 3.63) is 59.5 Å². The molecule has 1 aromatic carbocycles. The second-order valence-electron chi connectivity index (χ2n) is 5.36. The smallest absolute Gasteiger partial charge is 0.254 e. The summed E-state index contributed by atoms with van der Waals surface area (Å²) in [6.45, 7) is 6.77. The maximum absolute atomic E-state index is 12.1. The molecule has 0 bridgehead atoms. The zero-order valence-electron chi connectivity index (χ0n) is 12.2. The van der Waals surface area contributed by atoms with Gasteiger partial charge < -0.3 is 9.73 Å². The molecule has 0 fully saturated rings. The van der Waals surface area contributed by atoms with Crippen molar-refractivity contribution in [2.24, 2.45) is 5.92 Å². The molecule has 0 saturated carbocycles. The maximum Gasteiger partial charge on any atom is 0.254 e. The Balaban J connectivity index is 2.04. The molecular weight excluding hydrogens is 250 g/mol. The van der Waals surface area contributed by atoms with Crippen molar-refractivity contribution < 1.29 is 9.21 Å². The molecule has 0 saturated heterocycles. The van der Waals surface area contributed by atoms with E-state index in [2.05, 4.69) is 31.3 Å². The summed E-state index contributed by atoms with van der Waals surface area (Å²) in [7, 11) is 0. The molecule has 1 heterocycles. The Morgan fingerprint density at radius 2 is 1.90 bits per heavy atom. The molecule has 3 nitrogen and oxygen atoms in total. The van der Waals surface area contributed by atoms with Gasteiger partial charge in [-0.05, 0) is 24.5 Å². The fourth-order valence-corrected chi connectivity index (χ4v) is 2.36. The molecule has 0 aliphatic carbocycles. The minimum atomic E-state index is -0.0715. The van der Waals surface area contributed by atoms with E-state index in [1.807, 2.05) is 18.2 Å². The summed E-state index contributed by atoms with van der Waals surface area (Å²) < 4.78 is 5.16. The van der Waals surface area contributed by atoms with Crippen LogP contribution in [0.1, 0.15) is 41.4 Å². The molecule has 0 aliphatic heterocycles. The minimum absolute atomic E-state index is 0.0715. The number of aryl methyl sites for hydroxylation is 1. The van der Waals surface area contributed by atoms with E-state index in [1.165, 1.54) is 5.56 Å².